The van der Waals surface area contributed by atoms with Gasteiger partial charge in [0.1, 0.15) is 5.69 Å². The van der Waals surface area contributed by atoms with Crippen LogP contribution in [0.25, 0.3) is 22.5 Å². The van der Waals surface area contributed by atoms with Crippen LogP contribution >= 0.6 is 0 Å². The molecule has 6 heteroatoms. The minimum atomic E-state index is 0.0964. The molecule has 1 aliphatic rings. The molecule has 0 aromatic carbocycles. The summed E-state index contributed by atoms with van der Waals surface area (Å²) < 4.78 is 1.88. The van der Waals surface area contributed by atoms with Gasteiger partial charge in [0.2, 0.25) is 0 Å². The van der Waals surface area contributed by atoms with Crippen LogP contribution < -0.4 is 0 Å². The zero-order valence-corrected chi connectivity index (χ0v) is 14.1. The van der Waals surface area contributed by atoms with Crippen LogP contribution in [0, 0.1) is 0 Å². The van der Waals surface area contributed by atoms with Gasteiger partial charge in [0, 0.05) is 67.8 Å². The Bertz CT molecular complexity index is 880. The average molecular weight is 333 g/mol. The molecule has 0 atom stereocenters. The third kappa shape index (κ3) is 3.03. The maximum absolute atomic E-state index is 12.6. The Hall–Kier alpha value is -3.02. The number of nitrogens with zero attached hydrogens (tertiary/aromatic N) is 5. The molecule has 0 bridgehead atoms. The zero-order chi connectivity index (χ0) is 17.2. The average Bonchev–Trinajstić information content (AvgIpc) is 3.32. The van der Waals surface area contributed by atoms with E-state index >= 15 is 0 Å². The molecule has 0 unspecified atom stereocenters. The SMILES string of the molecule is Cn1cc(-c2cnc(-c3cccnc3)nc2)cc1C(=O)N1CCCC1. The number of aromatic nitrogens is 4. The minimum absolute atomic E-state index is 0.0964. The van der Waals surface area contributed by atoms with Crippen molar-refractivity contribution in [2.24, 2.45) is 7.05 Å². The van der Waals surface area contributed by atoms with E-state index in [1.54, 1.807) is 24.8 Å². The lowest BCUT2D eigenvalue weighted by molar-refractivity contribution is 0.0783. The first-order valence-corrected chi connectivity index (χ1v) is 8.41. The standard InChI is InChI=1S/C19H19N5O/c1-23-13-15(9-17(23)19(25)24-7-2-3-8-24)16-11-21-18(22-12-16)14-5-4-6-20-10-14/h4-6,9-13H,2-3,7-8H2,1H3. The highest BCUT2D eigenvalue weighted by molar-refractivity contribution is 5.94. The van der Waals surface area contributed by atoms with Crippen LogP contribution in [0.1, 0.15) is 23.3 Å². The second kappa shape index (κ2) is 6.47. The molecular weight excluding hydrogens is 314 g/mol. The number of likely N-dealkylation sites (tertiary alicyclic amines) is 1. The van der Waals surface area contributed by atoms with Crippen molar-refractivity contribution >= 4 is 5.91 Å². The lowest BCUT2D eigenvalue weighted by Crippen LogP contribution is -2.29. The first-order chi connectivity index (χ1) is 12.2. The second-order valence-corrected chi connectivity index (χ2v) is 6.26. The molecule has 0 spiro atoms. The highest BCUT2D eigenvalue weighted by atomic mass is 16.2. The van der Waals surface area contributed by atoms with Crippen LogP contribution in [-0.2, 0) is 7.05 Å². The van der Waals surface area contributed by atoms with Gasteiger partial charge >= 0.3 is 0 Å². The molecule has 0 radical (unpaired) electrons. The van der Waals surface area contributed by atoms with E-state index in [0.717, 1.165) is 42.6 Å². The van der Waals surface area contributed by atoms with E-state index in [-0.39, 0.29) is 5.91 Å². The Labute approximate surface area is 146 Å². The topological polar surface area (TPSA) is 63.9 Å². The van der Waals surface area contributed by atoms with Gasteiger partial charge in [-0.3, -0.25) is 9.78 Å². The van der Waals surface area contributed by atoms with Crippen molar-refractivity contribution in [1.82, 2.24) is 24.4 Å². The number of carbonyl (C=O) groups is 1. The van der Waals surface area contributed by atoms with Gasteiger partial charge in [-0.2, -0.15) is 0 Å². The maximum Gasteiger partial charge on any atom is 0.270 e. The number of amides is 1. The molecule has 0 saturated carbocycles. The number of aryl methyl sites for hydroxylation is 1. The second-order valence-electron chi connectivity index (χ2n) is 6.26. The molecule has 1 saturated heterocycles. The monoisotopic (exact) mass is 333 g/mol. The van der Waals surface area contributed by atoms with Crippen molar-refractivity contribution in [3.05, 3.63) is 54.9 Å². The summed E-state index contributed by atoms with van der Waals surface area (Å²) in [7, 11) is 1.90. The number of hydrogen-bond donors (Lipinski definition) is 0. The third-order valence-electron chi connectivity index (χ3n) is 4.52. The summed E-state index contributed by atoms with van der Waals surface area (Å²) in [6.45, 7) is 1.70. The third-order valence-corrected chi connectivity index (χ3v) is 4.52. The number of pyridine rings is 1. The fraction of sp³-hybridized carbons (Fsp3) is 0.263. The van der Waals surface area contributed by atoms with Gasteiger partial charge in [-0.15, -0.1) is 0 Å². The molecule has 0 aliphatic carbocycles. The summed E-state index contributed by atoms with van der Waals surface area (Å²) in [5, 5.41) is 0. The fourth-order valence-corrected chi connectivity index (χ4v) is 3.14. The normalized spacial score (nSPS) is 14.0. The number of rotatable bonds is 3. The molecule has 126 valence electrons. The van der Waals surface area contributed by atoms with Crippen LogP contribution in [-0.4, -0.2) is 43.4 Å². The van der Waals surface area contributed by atoms with Crippen molar-refractivity contribution in [2.75, 3.05) is 13.1 Å². The highest BCUT2D eigenvalue weighted by Gasteiger charge is 2.22. The molecule has 25 heavy (non-hydrogen) atoms. The van der Waals surface area contributed by atoms with E-state index in [0.29, 0.717) is 11.5 Å². The van der Waals surface area contributed by atoms with E-state index in [9.17, 15) is 4.79 Å². The van der Waals surface area contributed by atoms with Crippen molar-refractivity contribution in [3.63, 3.8) is 0 Å². The van der Waals surface area contributed by atoms with E-state index in [1.165, 1.54) is 0 Å². The predicted molar refractivity (Wildman–Crippen MR) is 94.8 cm³/mol. The number of hydrogen-bond acceptors (Lipinski definition) is 4. The van der Waals surface area contributed by atoms with Crippen LogP contribution in [0.2, 0.25) is 0 Å². The van der Waals surface area contributed by atoms with Gasteiger partial charge in [0.25, 0.3) is 5.91 Å². The molecule has 3 aromatic heterocycles. The summed E-state index contributed by atoms with van der Waals surface area (Å²) >= 11 is 0. The van der Waals surface area contributed by atoms with Gasteiger partial charge in [-0.1, -0.05) is 0 Å². The quantitative estimate of drug-likeness (QED) is 0.739. The number of carbonyl (C=O) groups excluding carboxylic acids is 1. The molecule has 1 fully saturated rings. The lowest BCUT2D eigenvalue weighted by atomic mass is 10.1. The summed E-state index contributed by atoms with van der Waals surface area (Å²) in [6.07, 6.45) is 11.2. The van der Waals surface area contributed by atoms with Crippen molar-refractivity contribution < 1.29 is 4.79 Å². The van der Waals surface area contributed by atoms with Gasteiger partial charge in [-0.05, 0) is 31.0 Å². The van der Waals surface area contributed by atoms with Crippen molar-refractivity contribution in [3.8, 4) is 22.5 Å². The molecule has 1 amide bonds. The van der Waals surface area contributed by atoms with Crippen LogP contribution in [0.4, 0.5) is 0 Å². The summed E-state index contributed by atoms with van der Waals surface area (Å²) in [4.78, 5) is 27.5. The van der Waals surface area contributed by atoms with Crippen LogP contribution in [0.3, 0.4) is 0 Å². The molecule has 4 heterocycles. The van der Waals surface area contributed by atoms with Crippen LogP contribution in [0.5, 0.6) is 0 Å². The van der Waals surface area contributed by atoms with E-state index < -0.39 is 0 Å². The smallest absolute Gasteiger partial charge is 0.270 e. The maximum atomic E-state index is 12.6. The predicted octanol–water partition coefficient (Wildman–Crippen LogP) is 2.78. The summed E-state index contributed by atoms with van der Waals surface area (Å²) in [5.74, 6) is 0.736. The van der Waals surface area contributed by atoms with E-state index in [4.69, 9.17) is 0 Å². The first kappa shape index (κ1) is 15.5. The van der Waals surface area contributed by atoms with E-state index in [2.05, 4.69) is 15.0 Å². The van der Waals surface area contributed by atoms with Gasteiger partial charge in [0.05, 0.1) is 0 Å². The first-order valence-electron chi connectivity index (χ1n) is 8.41. The largest absolute Gasteiger partial charge is 0.346 e. The van der Waals surface area contributed by atoms with Crippen molar-refractivity contribution in [1.29, 1.82) is 0 Å². The highest BCUT2D eigenvalue weighted by Crippen LogP contribution is 2.23. The van der Waals surface area contributed by atoms with Gasteiger partial charge in [0.15, 0.2) is 5.82 Å². The fourth-order valence-electron chi connectivity index (χ4n) is 3.14. The molecule has 0 N–H and O–H groups in total. The van der Waals surface area contributed by atoms with Crippen molar-refractivity contribution in [2.45, 2.75) is 12.8 Å². The Balaban J connectivity index is 1.60. The Morgan fingerprint density at radius 1 is 1.04 bits per heavy atom. The lowest BCUT2D eigenvalue weighted by Gasteiger charge is -2.15. The molecule has 6 nitrogen and oxygen atoms in total. The zero-order valence-electron chi connectivity index (χ0n) is 14.1. The molecule has 4 rings (SSSR count). The van der Waals surface area contributed by atoms with Gasteiger partial charge < -0.3 is 9.47 Å². The molecule has 3 aromatic rings. The van der Waals surface area contributed by atoms with E-state index in [1.807, 2.05) is 40.9 Å². The summed E-state index contributed by atoms with van der Waals surface area (Å²) in [6, 6.07) is 5.71. The Morgan fingerprint density at radius 3 is 2.48 bits per heavy atom. The Kier molecular flexibility index (Phi) is 4.01. The molecular formula is C19H19N5O. The molecule has 1 aliphatic heterocycles. The van der Waals surface area contributed by atoms with Crippen LogP contribution in [0.15, 0.2) is 49.2 Å². The minimum Gasteiger partial charge on any atom is -0.346 e. The Morgan fingerprint density at radius 2 is 1.80 bits per heavy atom. The summed E-state index contributed by atoms with van der Waals surface area (Å²) in [5.41, 5.74) is 3.42. The van der Waals surface area contributed by atoms with Gasteiger partial charge in [-0.25, -0.2) is 9.97 Å².